The molecule has 3 nitrogen and oxygen atoms in total. The zero-order chi connectivity index (χ0) is 18.7. The number of anilines is 1. The minimum absolute atomic E-state index is 0.102. The number of Topliss-reactive ketones (excluding diaryl/α,β-unsaturated/α-hetero) is 1. The van der Waals surface area contributed by atoms with Crippen LogP contribution in [0.4, 0.5) is 5.69 Å². The summed E-state index contributed by atoms with van der Waals surface area (Å²) in [6.07, 6.45) is 1.80. The molecule has 4 aromatic rings. The van der Waals surface area contributed by atoms with Gasteiger partial charge < -0.3 is 5.32 Å². The number of nitrogens with one attached hydrogen (secondary N) is 1. The van der Waals surface area contributed by atoms with Crippen molar-refractivity contribution in [1.82, 2.24) is 4.98 Å². The van der Waals surface area contributed by atoms with Crippen LogP contribution in [0.2, 0.25) is 0 Å². The highest BCUT2D eigenvalue weighted by atomic mass is 16.1. The molecule has 0 bridgehead atoms. The molecule has 1 atom stereocenters. The van der Waals surface area contributed by atoms with Crippen LogP contribution in [0.1, 0.15) is 33.2 Å². The number of pyridine rings is 1. The average Bonchev–Trinajstić information content (AvgIpc) is 3.07. The molecule has 1 aliphatic heterocycles. The highest BCUT2D eigenvalue weighted by Gasteiger charge is 2.40. The third-order valence-electron chi connectivity index (χ3n) is 5.71. The zero-order valence-corrected chi connectivity index (χ0v) is 15.0. The van der Waals surface area contributed by atoms with E-state index in [4.69, 9.17) is 0 Å². The molecule has 1 aromatic heterocycles. The summed E-state index contributed by atoms with van der Waals surface area (Å²) >= 11 is 0. The lowest BCUT2D eigenvalue weighted by Gasteiger charge is -2.30. The zero-order valence-electron chi connectivity index (χ0n) is 15.0. The van der Waals surface area contributed by atoms with E-state index in [-0.39, 0.29) is 11.8 Å². The molecule has 132 valence electrons. The number of aromatic nitrogens is 1. The maximum absolute atomic E-state index is 13.5. The molecule has 0 spiro atoms. The van der Waals surface area contributed by atoms with Crippen LogP contribution < -0.4 is 5.32 Å². The van der Waals surface area contributed by atoms with Crippen molar-refractivity contribution in [3.05, 3.63) is 107 Å². The monoisotopic (exact) mass is 360 g/mol. The normalized spacial score (nSPS) is 17.1. The molecule has 0 unspecified atom stereocenters. The van der Waals surface area contributed by atoms with Gasteiger partial charge in [0.15, 0.2) is 5.78 Å². The third-order valence-corrected chi connectivity index (χ3v) is 5.71. The molecule has 0 saturated carbocycles. The fraction of sp³-hybridized carbons (Fsp3) is 0.0400. The van der Waals surface area contributed by atoms with Gasteiger partial charge in [-0.15, -0.1) is 0 Å². The second-order valence-electron chi connectivity index (χ2n) is 7.20. The summed E-state index contributed by atoms with van der Waals surface area (Å²) in [4.78, 5) is 18.1. The van der Waals surface area contributed by atoms with Crippen molar-refractivity contribution < 1.29 is 4.79 Å². The summed E-state index contributed by atoms with van der Waals surface area (Å²) < 4.78 is 0. The predicted molar refractivity (Wildman–Crippen MR) is 112 cm³/mol. The van der Waals surface area contributed by atoms with Crippen LogP contribution in [-0.4, -0.2) is 10.8 Å². The quantitative estimate of drug-likeness (QED) is 0.487. The summed E-state index contributed by atoms with van der Waals surface area (Å²) in [5.74, 6) is 0.102. The topological polar surface area (TPSA) is 42.0 Å². The number of rotatable bonds is 1. The lowest BCUT2D eigenvalue weighted by molar-refractivity contribution is 0.105. The van der Waals surface area contributed by atoms with Crippen molar-refractivity contribution in [3.63, 3.8) is 0 Å². The average molecular weight is 360 g/mol. The number of fused-ring (bicyclic) bond motifs is 6. The van der Waals surface area contributed by atoms with Crippen LogP contribution in [0.25, 0.3) is 21.9 Å². The molecule has 3 heteroatoms. The Morgan fingerprint density at radius 2 is 1.57 bits per heavy atom. The Labute approximate surface area is 162 Å². The minimum Gasteiger partial charge on any atom is -0.372 e. The number of allylic oxidation sites excluding steroid dienone is 1. The van der Waals surface area contributed by atoms with Crippen LogP contribution in [0.5, 0.6) is 0 Å². The van der Waals surface area contributed by atoms with E-state index < -0.39 is 0 Å². The van der Waals surface area contributed by atoms with Crippen LogP contribution in [-0.2, 0) is 0 Å². The molecule has 0 radical (unpaired) electrons. The fourth-order valence-electron chi connectivity index (χ4n) is 4.51. The molecule has 2 heterocycles. The summed E-state index contributed by atoms with van der Waals surface area (Å²) in [5.41, 5.74) is 6.51. The van der Waals surface area contributed by atoms with Gasteiger partial charge in [0.2, 0.25) is 0 Å². The first-order valence-electron chi connectivity index (χ1n) is 9.41. The Balaban J connectivity index is 1.72. The lowest BCUT2D eigenvalue weighted by atomic mass is 9.85. The van der Waals surface area contributed by atoms with E-state index in [2.05, 4.69) is 34.6 Å². The predicted octanol–water partition coefficient (Wildman–Crippen LogP) is 5.51. The fourth-order valence-corrected chi connectivity index (χ4v) is 4.51. The third kappa shape index (κ3) is 1.99. The van der Waals surface area contributed by atoms with Gasteiger partial charge in [0.1, 0.15) is 0 Å². The molecule has 1 aliphatic carbocycles. The van der Waals surface area contributed by atoms with E-state index >= 15 is 0 Å². The number of hydrogen-bond donors (Lipinski definition) is 1. The molecule has 0 amide bonds. The van der Waals surface area contributed by atoms with Gasteiger partial charge in [0.25, 0.3) is 0 Å². The second kappa shape index (κ2) is 5.64. The SMILES string of the molecule is O=C1C2=C(c3ccccc31)[C@H](c1ccccn1)Nc1ccc3ccccc3c12. The van der Waals surface area contributed by atoms with Crippen molar-refractivity contribution in [1.29, 1.82) is 0 Å². The number of benzene rings is 3. The number of carbonyl (C=O) groups is 1. The molecule has 3 aromatic carbocycles. The lowest BCUT2D eigenvalue weighted by Crippen LogP contribution is -2.20. The smallest absolute Gasteiger partial charge is 0.194 e. The molecule has 0 saturated heterocycles. The van der Waals surface area contributed by atoms with E-state index in [9.17, 15) is 4.79 Å². The van der Waals surface area contributed by atoms with Crippen LogP contribution >= 0.6 is 0 Å². The summed E-state index contributed by atoms with van der Waals surface area (Å²) in [6.45, 7) is 0. The van der Waals surface area contributed by atoms with Crippen molar-refractivity contribution in [2.45, 2.75) is 6.04 Å². The Hall–Kier alpha value is -3.72. The minimum atomic E-state index is -0.155. The summed E-state index contributed by atoms with van der Waals surface area (Å²) in [7, 11) is 0. The van der Waals surface area contributed by atoms with Gasteiger partial charge in [-0.1, -0.05) is 60.7 Å². The summed E-state index contributed by atoms with van der Waals surface area (Å²) in [5, 5.41) is 5.90. The molecule has 2 aliphatic rings. The van der Waals surface area contributed by atoms with Crippen molar-refractivity contribution in [2.24, 2.45) is 0 Å². The van der Waals surface area contributed by atoms with E-state index in [1.807, 2.05) is 54.6 Å². The van der Waals surface area contributed by atoms with Crippen LogP contribution in [0, 0.1) is 0 Å². The first kappa shape index (κ1) is 15.3. The maximum atomic E-state index is 13.5. The second-order valence-corrected chi connectivity index (χ2v) is 7.20. The van der Waals surface area contributed by atoms with Crippen molar-refractivity contribution >= 4 is 33.4 Å². The number of ketones is 1. The molecular formula is C25H16N2O. The molecule has 0 fully saturated rings. The van der Waals surface area contributed by atoms with Crippen LogP contribution in [0.15, 0.2) is 85.1 Å². The van der Waals surface area contributed by atoms with Gasteiger partial charge in [-0.05, 0) is 34.5 Å². The van der Waals surface area contributed by atoms with E-state index in [1.54, 1.807) is 6.20 Å². The van der Waals surface area contributed by atoms with E-state index in [1.165, 1.54) is 0 Å². The van der Waals surface area contributed by atoms with Crippen molar-refractivity contribution in [3.8, 4) is 0 Å². The number of carbonyl (C=O) groups excluding carboxylic acids is 1. The molecule has 1 N–H and O–H groups in total. The maximum Gasteiger partial charge on any atom is 0.194 e. The highest BCUT2D eigenvalue weighted by Crippen LogP contribution is 2.52. The van der Waals surface area contributed by atoms with Gasteiger partial charge in [0, 0.05) is 34.2 Å². The molecule has 6 rings (SSSR count). The Kier molecular flexibility index (Phi) is 3.09. The highest BCUT2D eigenvalue weighted by molar-refractivity contribution is 6.43. The summed E-state index contributed by atoms with van der Waals surface area (Å²) in [6, 6.07) is 26.1. The Morgan fingerprint density at radius 3 is 2.43 bits per heavy atom. The largest absolute Gasteiger partial charge is 0.372 e. The van der Waals surface area contributed by atoms with E-state index in [0.29, 0.717) is 0 Å². The first-order chi connectivity index (χ1) is 13.8. The van der Waals surface area contributed by atoms with Gasteiger partial charge in [-0.25, -0.2) is 0 Å². The van der Waals surface area contributed by atoms with Gasteiger partial charge >= 0.3 is 0 Å². The Morgan fingerprint density at radius 1 is 0.786 bits per heavy atom. The molecular weight excluding hydrogens is 344 g/mol. The first-order valence-corrected chi connectivity index (χ1v) is 9.41. The van der Waals surface area contributed by atoms with Crippen molar-refractivity contribution in [2.75, 3.05) is 5.32 Å². The standard InChI is InChI=1S/C25H16N2O/c28-25-18-10-4-3-9-17(18)22-23(25)21-16-8-2-1-7-15(16)12-13-19(21)27-24(22)20-11-5-6-14-26-20/h1-14,24,27H/t24-/m0/s1. The number of hydrogen-bond acceptors (Lipinski definition) is 3. The van der Waals surface area contributed by atoms with Gasteiger partial charge in [0.05, 0.1) is 11.7 Å². The Bertz CT molecular complexity index is 1300. The van der Waals surface area contributed by atoms with Crippen LogP contribution in [0.3, 0.4) is 0 Å². The van der Waals surface area contributed by atoms with Gasteiger partial charge in [-0.2, -0.15) is 0 Å². The number of nitrogens with zero attached hydrogens (tertiary/aromatic N) is 1. The van der Waals surface area contributed by atoms with Gasteiger partial charge in [-0.3, -0.25) is 9.78 Å². The molecule has 28 heavy (non-hydrogen) atoms. The van der Waals surface area contributed by atoms with E-state index in [0.717, 1.165) is 50.0 Å².